The van der Waals surface area contributed by atoms with Crippen LogP contribution in [0.5, 0.6) is 5.75 Å². The second kappa shape index (κ2) is 9.39. The molecule has 1 aliphatic rings. The predicted molar refractivity (Wildman–Crippen MR) is 123 cm³/mol. The lowest BCUT2D eigenvalue weighted by Crippen LogP contribution is -2.31. The third-order valence-electron chi connectivity index (χ3n) is 5.31. The molecule has 2 heterocycles. The first-order valence-electron chi connectivity index (χ1n) is 10.4. The number of nitrogens with zero attached hydrogens (tertiary/aromatic N) is 1. The number of rotatable bonds is 7. The van der Waals surface area contributed by atoms with Gasteiger partial charge < -0.3 is 15.0 Å². The highest BCUT2D eigenvalue weighted by Gasteiger charge is 2.31. The minimum absolute atomic E-state index is 0.142. The van der Waals surface area contributed by atoms with E-state index in [1.165, 1.54) is 22.9 Å². The Labute approximate surface area is 185 Å². The third kappa shape index (κ3) is 4.82. The van der Waals surface area contributed by atoms with E-state index >= 15 is 0 Å². The van der Waals surface area contributed by atoms with Crippen molar-refractivity contribution < 1.29 is 9.53 Å². The number of aromatic amines is 1. The molecule has 0 spiro atoms. The summed E-state index contributed by atoms with van der Waals surface area (Å²) in [6, 6.07) is 15.7. The van der Waals surface area contributed by atoms with E-state index in [1.54, 1.807) is 0 Å². The van der Waals surface area contributed by atoms with E-state index < -0.39 is 0 Å². The van der Waals surface area contributed by atoms with Gasteiger partial charge >= 0.3 is 0 Å². The van der Waals surface area contributed by atoms with E-state index in [0.717, 1.165) is 17.7 Å². The van der Waals surface area contributed by atoms with Gasteiger partial charge in [-0.3, -0.25) is 9.59 Å². The van der Waals surface area contributed by atoms with Crippen LogP contribution in [0.4, 0.5) is 5.82 Å². The molecule has 160 valence electrons. The van der Waals surface area contributed by atoms with Crippen LogP contribution >= 0.6 is 11.8 Å². The first-order valence-corrected chi connectivity index (χ1v) is 11.4. The molecule has 0 bridgehead atoms. The Kier molecular flexibility index (Phi) is 6.42. The highest BCUT2D eigenvalue weighted by Crippen LogP contribution is 2.35. The molecular weight excluding hydrogens is 410 g/mol. The summed E-state index contributed by atoms with van der Waals surface area (Å²) in [5.74, 6) is 1.34. The van der Waals surface area contributed by atoms with Crippen molar-refractivity contribution in [2.75, 3.05) is 11.9 Å². The Bertz CT molecular complexity index is 1140. The SMILES string of the molecule is CCCOc1ccc(C2CC(=O)Nc3nc(SCc4ccccc4C)[nH]c(=O)c32)cc1. The highest BCUT2D eigenvalue weighted by molar-refractivity contribution is 7.98. The molecular formula is C24H25N3O3S. The first kappa shape index (κ1) is 21.2. The zero-order chi connectivity index (χ0) is 21.8. The fourth-order valence-electron chi connectivity index (χ4n) is 3.64. The second-order valence-electron chi connectivity index (χ2n) is 7.57. The van der Waals surface area contributed by atoms with E-state index in [9.17, 15) is 9.59 Å². The maximum absolute atomic E-state index is 13.0. The van der Waals surface area contributed by atoms with Crippen molar-refractivity contribution in [3.8, 4) is 5.75 Å². The van der Waals surface area contributed by atoms with Gasteiger partial charge in [0.25, 0.3) is 5.56 Å². The molecule has 2 N–H and O–H groups in total. The number of anilines is 1. The number of ether oxygens (including phenoxy) is 1. The third-order valence-corrected chi connectivity index (χ3v) is 6.23. The summed E-state index contributed by atoms with van der Waals surface area (Å²) in [6.45, 7) is 4.77. The molecule has 1 amide bonds. The van der Waals surface area contributed by atoms with Gasteiger partial charge in [0.2, 0.25) is 5.91 Å². The normalized spacial score (nSPS) is 15.3. The number of aryl methyl sites for hydroxylation is 1. The van der Waals surface area contributed by atoms with Crippen molar-refractivity contribution in [1.29, 1.82) is 0 Å². The minimum atomic E-state index is -0.337. The molecule has 1 unspecified atom stereocenters. The predicted octanol–water partition coefficient (Wildman–Crippen LogP) is 4.63. The molecule has 2 aromatic carbocycles. The standard InChI is InChI=1S/C24H25N3O3S/c1-3-12-30-18-10-8-16(9-11-18)19-13-20(28)25-22-21(19)23(29)27-24(26-22)31-14-17-7-5-4-6-15(17)2/h4-11,19H,3,12-14H2,1-2H3,(H2,25,26,27,28,29). The van der Waals surface area contributed by atoms with E-state index in [2.05, 4.69) is 41.3 Å². The fourth-order valence-corrected chi connectivity index (χ4v) is 4.57. The van der Waals surface area contributed by atoms with Gasteiger partial charge in [0.15, 0.2) is 5.16 Å². The lowest BCUT2D eigenvalue weighted by atomic mass is 9.87. The van der Waals surface area contributed by atoms with Gasteiger partial charge in [0.1, 0.15) is 11.6 Å². The Morgan fingerprint density at radius 2 is 1.90 bits per heavy atom. The maximum Gasteiger partial charge on any atom is 0.257 e. The van der Waals surface area contributed by atoms with Crippen molar-refractivity contribution >= 4 is 23.5 Å². The topological polar surface area (TPSA) is 84.1 Å². The zero-order valence-electron chi connectivity index (χ0n) is 17.6. The van der Waals surface area contributed by atoms with Gasteiger partial charge in [0.05, 0.1) is 12.2 Å². The molecule has 1 atom stereocenters. The lowest BCUT2D eigenvalue weighted by Gasteiger charge is -2.24. The van der Waals surface area contributed by atoms with Crippen LogP contribution in [0, 0.1) is 6.92 Å². The van der Waals surface area contributed by atoms with Gasteiger partial charge in [-0.1, -0.05) is 55.1 Å². The smallest absolute Gasteiger partial charge is 0.257 e. The van der Waals surface area contributed by atoms with E-state index in [0.29, 0.717) is 28.9 Å². The van der Waals surface area contributed by atoms with Crippen LogP contribution in [0.3, 0.4) is 0 Å². The van der Waals surface area contributed by atoms with Crippen LogP contribution in [0.25, 0.3) is 0 Å². The highest BCUT2D eigenvalue weighted by atomic mass is 32.2. The number of thioether (sulfide) groups is 1. The zero-order valence-corrected chi connectivity index (χ0v) is 18.4. The first-order chi connectivity index (χ1) is 15.0. The number of nitrogens with one attached hydrogen (secondary N) is 2. The number of benzene rings is 2. The fraction of sp³-hybridized carbons (Fsp3) is 0.292. The Balaban J connectivity index is 1.59. The maximum atomic E-state index is 13.0. The summed E-state index contributed by atoms with van der Waals surface area (Å²) >= 11 is 1.45. The molecule has 0 saturated heterocycles. The summed E-state index contributed by atoms with van der Waals surface area (Å²) in [5.41, 5.74) is 3.55. The molecule has 0 aliphatic carbocycles. The quantitative estimate of drug-likeness (QED) is 0.417. The van der Waals surface area contributed by atoms with Gasteiger partial charge in [-0.15, -0.1) is 0 Å². The monoisotopic (exact) mass is 435 g/mol. The molecule has 1 aromatic heterocycles. The van der Waals surface area contributed by atoms with Crippen LogP contribution in [0.1, 0.15) is 47.9 Å². The number of hydrogen-bond acceptors (Lipinski definition) is 5. The minimum Gasteiger partial charge on any atom is -0.494 e. The Morgan fingerprint density at radius 1 is 1.13 bits per heavy atom. The van der Waals surface area contributed by atoms with Gasteiger partial charge in [0, 0.05) is 18.1 Å². The van der Waals surface area contributed by atoms with Crippen molar-refractivity contribution in [3.05, 3.63) is 81.1 Å². The molecule has 31 heavy (non-hydrogen) atoms. The Hall–Kier alpha value is -3.06. The van der Waals surface area contributed by atoms with Gasteiger partial charge in [-0.2, -0.15) is 0 Å². The molecule has 4 rings (SSSR count). The van der Waals surface area contributed by atoms with Crippen LogP contribution in [0.15, 0.2) is 58.5 Å². The number of H-pyrrole nitrogens is 1. The average molecular weight is 436 g/mol. The number of carbonyl (C=O) groups excluding carboxylic acids is 1. The van der Waals surface area contributed by atoms with E-state index in [-0.39, 0.29) is 23.8 Å². The molecule has 0 radical (unpaired) electrons. The molecule has 1 aliphatic heterocycles. The number of aromatic nitrogens is 2. The van der Waals surface area contributed by atoms with Crippen LogP contribution < -0.4 is 15.6 Å². The van der Waals surface area contributed by atoms with E-state index in [1.807, 2.05) is 36.4 Å². The largest absolute Gasteiger partial charge is 0.494 e. The molecule has 3 aromatic rings. The van der Waals surface area contributed by atoms with Crippen molar-refractivity contribution in [3.63, 3.8) is 0 Å². The summed E-state index contributed by atoms with van der Waals surface area (Å²) in [4.78, 5) is 32.8. The summed E-state index contributed by atoms with van der Waals surface area (Å²) < 4.78 is 5.64. The Morgan fingerprint density at radius 3 is 2.65 bits per heavy atom. The van der Waals surface area contributed by atoms with Crippen molar-refractivity contribution in [2.45, 2.75) is 43.5 Å². The average Bonchev–Trinajstić information content (AvgIpc) is 2.76. The van der Waals surface area contributed by atoms with Gasteiger partial charge in [-0.05, 0) is 42.2 Å². The summed E-state index contributed by atoms with van der Waals surface area (Å²) in [6.07, 6.45) is 1.14. The second-order valence-corrected chi connectivity index (χ2v) is 8.53. The van der Waals surface area contributed by atoms with Crippen LogP contribution in [-0.4, -0.2) is 22.5 Å². The van der Waals surface area contributed by atoms with Crippen LogP contribution in [-0.2, 0) is 10.5 Å². The number of carbonyl (C=O) groups is 1. The van der Waals surface area contributed by atoms with Crippen molar-refractivity contribution in [2.24, 2.45) is 0 Å². The van der Waals surface area contributed by atoms with E-state index in [4.69, 9.17) is 4.74 Å². The summed E-state index contributed by atoms with van der Waals surface area (Å²) in [5, 5.41) is 3.28. The number of hydrogen-bond donors (Lipinski definition) is 2. The molecule has 0 fully saturated rings. The molecule has 7 heteroatoms. The van der Waals surface area contributed by atoms with Gasteiger partial charge in [-0.25, -0.2) is 4.98 Å². The van der Waals surface area contributed by atoms with Crippen LogP contribution in [0.2, 0.25) is 0 Å². The number of amides is 1. The summed E-state index contributed by atoms with van der Waals surface area (Å²) in [7, 11) is 0. The molecule has 6 nitrogen and oxygen atoms in total. The van der Waals surface area contributed by atoms with Crippen molar-refractivity contribution in [1.82, 2.24) is 9.97 Å². The lowest BCUT2D eigenvalue weighted by molar-refractivity contribution is -0.116. The molecule has 0 saturated carbocycles. The number of fused-ring (bicyclic) bond motifs is 1.